The Morgan fingerprint density at radius 3 is 3.00 bits per heavy atom. The molecule has 0 atom stereocenters. The molecule has 0 aliphatic heterocycles. The molecule has 1 N–H and O–H groups in total. The van der Waals surface area contributed by atoms with Crippen molar-refractivity contribution in [1.82, 2.24) is 19.5 Å². The van der Waals surface area contributed by atoms with Gasteiger partial charge in [0.2, 0.25) is 5.95 Å². The van der Waals surface area contributed by atoms with Crippen LogP contribution in [0.4, 0.5) is 10.3 Å². The van der Waals surface area contributed by atoms with Gasteiger partial charge in [-0.25, -0.2) is 19.3 Å². The van der Waals surface area contributed by atoms with E-state index in [1.54, 1.807) is 6.20 Å². The lowest BCUT2D eigenvalue weighted by molar-refractivity contribution is 0.618. The van der Waals surface area contributed by atoms with Gasteiger partial charge >= 0.3 is 0 Å². The third-order valence-electron chi connectivity index (χ3n) is 3.10. The van der Waals surface area contributed by atoms with E-state index in [0.717, 1.165) is 17.9 Å². The van der Waals surface area contributed by atoms with Gasteiger partial charge in [-0.05, 0) is 18.4 Å². The Bertz CT molecular complexity index is 723. The monoisotopic (exact) mass is 303 g/mol. The number of aryl methyl sites for hydroxylation is 1. The van der Waals surface area contributed by atoms with Crippen molar-refractivity contribution in [3.63, 3.8) is 0 Å². The van der Waals surface area contributed by atoms with Gasteiger partial charge in [0.1, 0.15) is 11.5 Å². The first-order valence-electron chi connectivity index (χ1n) is 6.51. The van der Waals surface area contributed by atoms with E-state index in [9.17, 15) is 4.39 Å². The van der Waals surface area contributed by atoms with Crippen molar-refractivity contribution in [3.8, 4) is 11.3 Å². The van der Waals surface area contributed by atoms with Crippen LogP contribution in [0, 0.1) is 12.7 Å². The highest BCUT2D eigenvalue weighted by Gasteiger charge is 2.09. The fourth-order valence-electron chi connectivity index (χ4n) is 1.98. The van der Waals surface area contributed by atoms with Crippen molar-refractivity contribution in [2.45, 2.75) is 13.5 Å². The number of imidazole rings is 1. The minimum Gasteiger partial charge on any atom is -0.352 e. The quantitative estimate of drug-likeness (QED) is 0.787. The van der Waals surface area contributed by atoms with Crippen LogP contribution >= 0.6 is 11.3 Å². The molecule has 0 spiro atoms. The van der Waals surface area contributed by atoms with Gasteiger partial charge in [0, 0.05) is 36.4 Å². The third kappa shape index (κ3) is 3.08. The molecular formula is C14H14FN5S. The van der Waals surface area contributed by atoms with E-state index in [2.05, 4.69) is 20.3 Å². The van der Waals surface area contributed by atoms with Gasteiger partial charge < -0.3 is 9.88 Å². The van der Waals surface area contributed by atoms with E-state index in [1.165, 1.54) is 17.5 Å². The van der Waals surface area contributed by atoms with E-state index in [0.29, 0.717) is 18.2 Å². The fraction of sp³-hybridized carbons (Fsp3) is 0.214. The minimum absolute atomic E-state index is 0.326. The average molecular weight is 303 g/mol. The molecule has 0 aliphatic carbocycles. The van der Waals surface area contributed by atoms with Gasteiger partial charge in [0.25, 0.3) is 0 Å². The average Bonchev–Trinajstić information content (AvgIpc) is 3.13. The van der Waals surface area contributed by atoms with Crippen molar-refractivity contribution in [1.29, 1.82) is 0 Å². The number of nitrogens with one attached hydrogen (secondary N) is 1. The first kappa shape index (κ1) is 13.7. The van der Waals surface area contributed by atoms with E-state index < -0.39 is 5.82 Å². The highest BCUT2D eigenvalue weighted by atomic mass is 32.1. The zero-order chi connectivity index (χ0) is 14.7. The Hall–Kier alpha value is -2.28. The summed E-state index contributed by atoms with van der Waals surface area (Å²) in [5.41, 5.74) is 1.10. The number of halogens is 1. The molecule has 0 saturated carbocycles. The summed E-state index contributed by atoms with van der Waals surface area (Å²) >= 11 is 1.51. The van der Waals surface area contributed by atoms with Crippen molar-refractivity contribution in [2.24, 2.45) is 0 Å². The summed E-state index contributed by atoms with van der Waals surface area (Å²) in [4.78, 5) is 12.4. The van der Waals surface area contributed by atoms with Gasteiger partial charge in [-0.15, -0.1) is 0 Å². The standard InChI is InChI=1S/C14H14FN5S/c1-10-16-3-5-20(10)6-4-17-14-18-8-12(15)13(19-14)11-2-7-21-9-11/h2-3,5,7-9H,4,6H2,1H3,(H,17,18,19). The predicted octanol–water partition coefficient (Wildman–Crippen LogP) is 2.96. The van der Waals surface area contributed by atoms with Crippen molar-refractivity contribution >= 4 is 17.3 Å². The Morgan fingerprint density at radius 2 is 2.29 bits per heavy atom. The summed E-state index contributed by atoms with van der Waals surface area (Å²) in [6.07, 6.45) is 4.88. The molecule has 3 aromatic heterocycles. The Labute approximate surface area is 125 Å². The summed E-state index contributed by atoms with van der Waals surface area (Å²) < 4.78 is 15.8. The lowest BCUT2D eigenvalue weighted by Crippen LogP contribution is -2.13. The Morgan fingerprint density at radius 1 is 1.38 bits per heavy atom. The number of anilines is 1. The van der Waals surface area contributed by atoms with Gasteiger partial charge in [-0.3, -0.25) is 0 Å². The maximum atomic E-state index is 13.8. The van der Waals surface area contributed by atoms with Gasteiger partial charge in [0.15, 0.2) is 5.82 Å². The number of thiophene rings is 1. The van der Waals surface area contributed by atoms with Crippen molar-refractivity contribution < 1.29 is 4.39 Å². The molecule has 5 nitrogen and oxygen atoms in total. The Kier molecular flexibility index (Phi) is 3.92. The normalized spacial score (nSPS) is 10.8. The molecule has 7 heteroatoms. The number of nitrogens with zero attached hydrogens (tertiary/aromatic N) is 4. The maximum absolute atomic E-state index is 13.8. The van der Waals surface area contributed by atoms with Gasteiger partial charge in [-0.2, -0.15) is 11.3 Å². The third-order valence-corrected chi connectivity index (χ3v) is 3.78. The van der Waals surface area contributed by atoms with Gasteiger partial charge in [0.05, 0.1) is 6.20 Å². The lowest BCUT2D eigenvalue weighted by Gasteiger charge is -2.08. The summed E-state index contributed by atoms with van der Waals surface area (Å²) in [6.45, 7) is 3.34. The van der Waals surface area contributed by atoms with Crippen LogP contribution in [0.2, 0.25) is 0 Å². The largest absolute Gasteiger partial charge is 0.352 e. The molecule has 108 valence electrons. The molecule has 0 saturated heterocycles. The maximum Gasteiger partial charge on any atom is 0.223 e. The molecule has 3 aromatic rings. The van der Waals surface area contributed by atoms with E-state index in [1.807, 2.05) is 34.5 Å². The molecule has 3 rings (SSSR count). The molecule has 0 radical (unpaired) electrons. The molecular weight excluding hydrogens is 289 g/mol. The zero-order valence-corrected chi connectivity index (χ0v) is 12.3. The predicted molar refractivity (Wildman–Crippen MR) is 80.8 cm³/mol. The number of hydrogen-bond acceptors (Lipinski definition) is 5. The zero-order valence-electron chi connectivity index (χ0n) is 11.5. The molecule has 0 bridgehead atoms. The second-order valence-corrected chi connectivity index (χ2v) is 5.28. The first-order valence-corrected chi connectivity index (χ1v) is 7.45. The molecule has 21 heavy (non-hydrogen) atoms. The number of hydrogen-bond donors (Lipinski definition) is 1. The Balaban J connectivity index is 1.69. The van der Waals surface area contributed by atoms with E-state index in [-0.39, 0.29) is 0 Å². The SMILES string of the molecule is Cc1nccn1CCNc1ncc(F)c(-c2ccsc2)n1. The minimum atomic E-state index is -0.413. The highest BCUT2D eigenvalue weighted by Crippen LogP contribution is 2.23. The molecule has 0 fully saturated rings. The summed E-state index contributed by atoms with van der Waals surface area (Å²) in [5.74, 6) is 0.968. The second kappa shape index (κ2) is 6.01. The van der Waals surface area contributed by atoms with Crippen LogP contribution in [0.15, 0.2) is 35.4 Å². The molecule has 0 aliphatic rings. The molecule has 3 heterocycles. The van der Waals surface area contributed by atoms with Crippen LogP contribution in [0.3, 0.4) is 0 Å². The molecule has 0 amide bonds. The molecule has 0 aromatic carbocycles. The summed E-state index contributed by atoms with van der Waals surface area (Å²) in [7, 11) is 0. The lowest BCUT2D eigenvalue weighted by atomic mass is 10.2. The number of aromatic nitrogens is 4. The fourth-order valence-corrected chi connectivity index (χ4v) is 2.62. The van der Waals surface area contributed by atoms with Crippen LogP contribution in [0.1, 0.15) is 5.82 Å². The summed E-state index contributed by atoms with van der Waals surface area (Å²) in [5, 5.41) is 6.87. The summed E-state index contributed by atoms with van der Waals surface area (Å²) in [6, 6.07) is 1.84. The van der Waals surface area contributed by atoms with Crippen molar-refractivity contribution in [2.75, 3.05) is 11.9 Å². The van der Waals surface area contributed by atoms with E-state index >= 15 is 0 Å². The smallest absolute Gasteiger partial charge is 0.223 e. The second-order valence-electron chi connectivity index (χ2n) is 4.50. The topological polar surface area (TPSA) is 55.6 Å². The highest BCUT2D eigenvalue weighted by molar-refractivity contribution is 7.08. The van der Waals surface area contributed by atoms with Crippen LogP contribution in [0.25, 0.3) is 11.3 Å². The van der Waals surface area contributed by atoms with Crippen LogP contribution in [-0.2, 0) is 6.54 Å². The van der Waals surface area contributed by atoms with Crippen molar-refractivity contribution in [3.05, 3.63) is 47.1 Å². The van der Waals surface area contributed by atoms with Crippen LogP contribution < -0.4 is 5.32 Å². The van der Waals surface area contributed by atoms with Crippen LogP contribution in [0.5, 0.6) is 0 Å². The first-order chi connectivity index (χ1) is 10.2. The van der Waals surface area contributed by atoms with Crippen LogP contribution in [-0.4, -0.2) is 26.1 Å². The van der Waals surface area contributed by atoms with Gasteiger partial charge in [-0.1, -0.05) is 0 Å². The van der Waals surface area contributed by atoms with E-state index in [4.69, 9.17) is 0 Å². The molecule has 0 unspecified atom stereocenters. The number of rotatable bonds is 5.